The molecule has 1 saturated heterocycles. The summed E-state index contributed by atoms with van der Waals surface area (Å²) in [6.45, 7) is 2.90. The van der Waals surface area contributed by atoms with Crippen molar-refractivity contribution in [3.63, 3.8) is 0 Å². The molecule has 5 aromatic rings. The molecule has 11 nitrogen and oxygen atoms in total. The molecule has 3 aromatic heterocycles. The summed E-state index contributed by atoms with van der Waals surface area (Å²) < 4.78 is 11.1. The van der Waals surface area contributed by atoms with Gasteiger partial charge in [0, 0.05) is 30.5 Å². The highest BCUT2D eigenvalue weighted by Crippen LogP contribution is 2.35. The minimum atomic E-state index is -0.469. The van der Waals surface area contributed by atoms with E-state index in [9.17, 15) is 9.59 Å². The van der Waals surface area contributed by atoms with Gasteiger partial charge in [-0.15, -0.1) is 0 Å². The standard InChI is InChI=1S/C28H26N8O3/c29-25-23-21(14-34(20-12-30-13-20)26(23)32-16-31-25)17-6-8-18(9-7-17)33-27(37)24-22-15-39-11-10-35(22)36(28(24)38)19-4-2-1-3-5-19/h1-9,14,16,20,30H,10-13,15H2,(H,33,37)(H2,29,31,32). The van der Waals surface area contributed by atoms with E-state index in [0.29, 0.717) is 42.1 Å². The van der Waals surface area contributed by atoms with Gasteiger partial charge in [0.2, 0.25) is 0 Å². The van der Waals surface area contributed by atoms with Crippen molar-refractivity contribution >= 4 is 28.4 Å². The number of hydrogen-bond acceptors (Lipinski definition) is 7. The van der Waals surface area contributed by atoms with Gasteiger partial charge < -0.3 is 25.7 Å². The maximum Gasteiger partial charge on any atom is 0.284 e. The number of fused-ring (bicyclic) bond motifs is 2. The van der Waals surface area contributed by atoms with Crippen molar-refractivity contribution < 1.29 is 9.53 Å². The van der Waals surface area contributed by atoms with Gasteiger partial charge >= 0.3 is 0 Å². The minimum Gasteiger partial charge on any atom is -0.383 e. The van der Waals surface area contributed by atoms with Crippen LogP contribution in [0.2, 0.25) is 0 Å². The highest BCUT2D eigenvalue weighted by atomic mass is 16.5. The van der Waals surface area contributed by atoms with Crippen LogP contribution in [0.3, 0.4) is 0 Å². The smallest absolute Gasteiger partial charge is 0.284 e. The number of nitrogen functional groups attached to an aromatic ring is 1. The minimum absolute atomic E-state index is 0.0877. The maximum atomic E-state index is 13.5. The van der Waals surface area contributed by atoms with Crippen LogP contribution < -0.4 is 21.9 Å². The fourth-order valence-corrected chi connectivity index (χ4v) is 5.35. The predicted octanol–water partition coefficient (Wildman–Crippen LogP) is 2.56. The SMILES string of the molecule is Nc1ncnc2c1c(-c1ccc(NC(=O)c3c4n(n(-c5ccccc5)c3=O)CCOC4)cc1)cn2C1CNC1. The molecule has 0 radical (unpaired) electrons. The number of nitrogens with two attached hydrogens (primary N) is 1. The fourth-order valence-electron chi connectivity index (χ4n) is 5.35. The number of aromatic nitrogens is 5. The molecule has 0 bridgehead atoms. The van der Waals surface area contributed by atoms with Gasteiger partial charge in [-0.2, -0.15) is 0 Å². The van der Waals surface area contributed by atoms with E-state index in [-0.39, 0.29) is 17.7 Å². The molecule has 0 saturated carbocycles. The third kappa shape index (κ3) is 3.82. The number of amides is 1. The summed E-state index contributed by atoms with van der Waals surface area (Å²) in [5, 5.41) is 7.00. The molecule has 2 aliphatic heterocycles. The van der Waals surface area contributed by atoms with Crippen molar-refractivity contribution in [2.45, 2.75) is 19.2 Å². The first kappa shape index (κ1) is 23.4. The fraction of sp³-hybridized carbons (Fsp3) is 0.214. The van der Waals surface area contributed by atoms with Crippen LogP contribution in [0, 0.1) is 0 Å². The van der Waals surface area contributed by atoms with E-state index in [1.165, 1.54) is 6.33 Å². The first-order chi connectivity index (χ1) is 19.1. The van der Waals surface area contributed by atoms with Crippen molar-refractivity contribution in [2.24, 2.45) is 0 Å². The third-order valence-corrected chi connectivity index (χ3v) is 7.41. The summed E-state index contributed by atoms with van der Waals surface area (Å²) >= 11 is 0. The Kier molecular flexibility index (Phi) is 5.53. The lowest BCUT2D eigenvalue weighted by Crippen LogP contribution is -2.43. The molecule has 2 aliphatic rings. The summed E-state index contributed by atoms with van der Waals surface area (Å²) in [7, 11) is 0. The summed E-state index contributed by atoms with van der Waals surface area (Å²) in [6.07, 6.45) is 3.55. The van der Waals surface area contributed by atoms with Gasteiger partial charge in [0.1, 0.15) is 23.4 Å². The molecule has 0 atom stereocenters. The number of nitrogens with zero attached hydrogens (tertiary/aromatic N) is 5. The Balaban J connectivity index is 1.21. The molecular formula is C28H26N8O3. The number of hydrogen-bond donors (Lipinski definition) is 3. The number of carbonyl (C=O) groups excluding carboxylic acids is 1. The van der Waals surface area contributed by atoms with Gasteiger partial charge in [0.25, 0.3) is 11.5 Å². The second-order valence-electron chi connectivity index (χ2n) is 9.70. The molecule has 2 aromatic carbocycles. The molecule has 196 valence electrons. The normalized spacial score (nSPS) is 15.2. The van der Waals surface area contributed by atoms with Gasteiger partial charge in [-0.05, 0) is 29.8 Å². The second kappa shape index (κ2) is 9.22. The summed E-state index contributed by atoms with van der Waals surface area (Å²) in [5.41, 5.74) is 10.5. The largest absolute Gasteiger partial charge is 0.383 e. The van der Waals surface area contributed by atoms with Gasteiger partial charge in [-0.1, -0.05) is 30.3 Å². The van der Waals surface area contributed by atoms with Crippen molar-refractivity contribution in [3.05, 3.63) is 88.7 Å². The topological polar surface area (TPSA) is 134 Å². The third-order valence-electron chi connectivity index (χ3n) is 7.41. The van der Waals surface area contributed by atoms with Gasteiger partial charge in [0.05, 0.1) is 42.6 Å². The van der Waals surface area contributed by atoms with E-state index in [2.05, 4.69) is 31.4 Å². The first-order valence-electron chi connectivity index (χ1n) is 12.8. The molecule has 1 fully saturated rings. The van der Waals surface area contributed by atoms with E-state index in [1.807, 2.05) is 59.3 Å². The molecule has 5 heterocycles. The van der Waals surface area contributed by atoms with Crippen LogP contribution in [0.15, 0.2) is 71.9 Å². The highest BCUT2D eigenvalue weighted by molar-refractivity contribution is 6.05. The number of para-hydroxylation sites is 1. The Bertz CT molecular complexity index is 1760. The van der Waals surface area contributed by atoms with Crippen molar-refractivity contribution in [3.8, 4) is 16.8 Å². The first-order valence-corrected chi connectivity index (χ1v) is 12.8. The summed E-state index contributed by atoms with van der Waals surface area (Å²) in [4.78, 5) is 35.6. The molecule has 4 N–H and O–H groups in total. The summed E-state index contributed by atoms with van der Waals surface area (Å²) in [5.74, 6) is -0.0442. The lowest BCUT2D eigenvalue weighted by molar-refractivity contribution is 0.0756. The van der Waals surface area contributed by atoms with Crippen molar-refractivity contribution in [1.29, 1.82) is 0 Å². The van der Waals surface area contributed by atoms with E-state index >= 15 is 0 Å². The van der Waals surface area contributed by atoms with E-state index in [0.717, 1.165) is 35.2 Å². The second-order valence-corrected chi connectivity index (χ2v) is 9.70. The van der Waals surface area contributed by atoms with Crippen LogP contribution >= 0.6 is 0 Å². The van der Waals surface area contributed by atoms with Crippen LogP contribution in [0.4, 0.5) is 11.5 Å². The van der Waals surface area contributed by atoms with Gasteiger partial charge in [-0.3, -0.25) is 14.3 Å². The monoisotopic (exact) mass is 522 g/mol. The number of anilines is 2. The number of benzene rings is 2. The number of rotatable bonds is 5. The Morgan fingerprint density at radius 1 is 1.08 bits per heavy atom. The number of carbonyl (C=O) groups is 1. The van der Waals surface area contributed by atoms with Crippen LogP contribution in [-0.2, 0) is 17.9 Å². The lowest BCUT2D eigenvalue weighted by atomic mass is 10.1. The lowest BCUT2D eigenvalue weighted by Gasteiger charge is -2.28. The van der Waals surface area contributed by atoms with E-state index < -0.39 is 5.91 Å². The molecule has 11 heteroatoms. The molecule has 0 aliphatic carbocycles. The molecular weight excluding hydrogens is 496 g/mol. The Morgan fingerprint density at radius 2 is 1.87 bits per heavy atom. The van der Waals surface area contributed by atoms with E-state index in [1.54, 1.807) is 4.68 Å². The molecule has 7 rings (SSSR count). The van der Waals surface area contributed by atoms with Crippen molar-refractivity contribution in [1.82, 2.24) is 29.2 Å². The number of ether oxygens (including phenoxy) is 1. The average molecular weight is 523 g/mol. The van der Waals surface area contributed by atoms with Crippen LogP contribution in [0.25, 0.3) is 27.8 Å². The predicted molar refractivity (Wildman–Crippen MR) is 147 cm³/mol. The maximum absolute atomic E-state index is 13.5. The van der Waals surface area contributed by atoms with Gasteiger partial charge in [-0.25, -0.2) is 14.6 Å². The Morgan fingerprint density at radius 3 is 2.62 bits per heavy atom. The number of nitrogens with one attached hydrogen (secondary N) is 2. The summed E-state index contributed by atoms with van der Waals surface area (Å²) in [6, 6.07) is 17.1. The Labute approximate surface area is 222 Å². The molecule has 0 unspecified atom stereocenters. The zero-order valence-corrected chi connectivity index (χ0v) is 21.0. The zero-order chi connectivity index (χ0) is 26.5. The quantitative estimate of drug-likeness (QED) is 0.323. The zero-order valence-electron chi connectivity index (χ0n) is 21.0. The highest BCUT2D eigenvalue weighted by Gasteiger charge is 2.28. The molecule has 39 heavy (non-hydrogen) atoms. The average Bonchev–Trinajstić information content (AvgIpc) is 3.44. The van der Waals surface area contributed by atoms with Crippen LogP contribution in [-0.4, -0.2) is 49.5 Å². The Hall–Kier alpha value is -4.74. The molecule has 0 spiro atoms. The molecule has 1 amide bonds. The van der Waals surface area contributed by atoms with Crippen LogP contribution in [0.1, 0.15) is 22.1 Å². The van der Waals surface area contributed by atoms with Crippen LogP contribution in [0.5, 0.6) is 0 Å². The van der Waals surface area contributed by atoms with Gasteiger partial charge in [0.15, 0.2) is 0 Å². The van der Waals surface area contributed by atoms with Crippen molar-refractivity contribution in [2.75, 3.05) is 30.7 Å². The van der Waals surface area contributed by atoms with E-state index in [4.69, 9.17) is 10.5 Å².